The van der Waals surface area contributed by atoms with Crippen molar-refractivity contribution in [2.75, 3.05) is 37.0 Å². The fraction of sp³-hybridized carbons (Fsp3) is 0.467. The van der Waals surface area contributed by atoms with Gasteiger partial charge < -0.3 is 25.2 Å². The highest BCUT2D eigenvalue weighted by Gasteiger charge is 2.41. The van der Waals surface area contributed by atoms with Crippen LogP contribution in [-0.2, 0) is 28.5 Å². The van der Waals surface area contributed by atoms with Crippen molar-refractivity contribution in [3.8, 4) is 5.75 Å². The molecule has 2 amide bonds. The van der Waals surface area contributed by atoms with E-state index in [2.05, 4.69) is 25.7 Å². The Hall–Kier alpha value is -4.90. The van der Waals surface area contributed by atoms with Gasteiger partial charge in [0.05, 0.1) is 31.1 Å². The van der Waals surface area contributed by atoms with E-state index in [4.69, 9.17) is 4.74 Å². The minimum atomic E-state index is -5.06. The molecule has 2 N–H and O–H groups in total. The summed E-state index contributed by atoms with van der Waals surface area (Å²) in [6.07, 6.45) is -6.07. The Balaban J connectivity index is 1.17. The molecule has 0 radical (unpaired) electrons. The molecule has 0 spiro atoms. The first-order valence-corrected chi connectivity index (χ1v) is 15.0. The number of hydrogen-bond acceptors (Lipinski definition) is 9. The largest absolute Gasteiger partial charge is 0.497 e. The molecular formula is C30H32F6N8O4. The van der Waals surface area contributed by atoms with Crippen molar-refractivity contribution < 1.29 is 40.7 Å². The number of nitrogens with one attached hydrogen (secondary N) is 2. The van der Waals surface area contributed by atoms with Crippen LogP contribution in [0.5, 0.6) is 5.75 Å². The van der Waals surface area contributed by atoms with Gasteiger partial charge >= 0.3 is 12.4 Å². The normalized spacial score (nSPS) is 18.2. The van der Waals surface area contributed by atoms with Crippen LogP contribution in [0.15, 0.2) is 47.7 Å². The lowest BCUT2D eigenvalue weighted by Gasteiger charge is -2.36. The quantitative estimate of drug-likeness (QED) is 0.326. The van der Waals surface area contributed by atoms with E-state index < -0.39 is 52.7 Å². The van der Waals surface area contributed by atoms with E-state index in [-0.39, 0.29) is 30.9 Å². The van der Waals surface area contributed by atoms with Crippen LogP contribution >= 0.6 is 0 Å². The molecule has 2 aliphatic rings. The van der Waals surface area contributed by atoms with E-state index in [0.717, 1.165) is 18.6 Å². The number of halogens is 6. The number of nitrogens with zero attached hydrogens (tertiary/aromatic N) is 6. The predicted octanol–water partition coefficient (Wildman–Crippen LogP) is 3.31. The summed E-state index contributed by atoms with van der Waals surface area (Å²) in [6.45, 7) is 2.19. The molecule has 2 atom stereocenters. The molecule has 2 fully saturated rings. The van der Waals surface area contributed by atoms with E-state index in [9.17, 15) is 40.7 Å². The maximum atomic E-state index is 14.1. The Kier molecular flexibility index (Phi) is 9.81. The SMILES string of the molecule is COc1ccc(Cn2ncc(N[C@@H](C)C(=O)N[C@@H]3CCN(C4CCN(c5ncc(C(F)(F)F)cn5)CC4)C3=O)c(C(F)(F)F)c2=O)cc1. The van der Waals surface area contributed by atoms with E-state index in [0.29, 0.717) is 48.5 Å². The zero-order valence-electron chi connectivity index (χ0n) is 25.8. The van der Waals surface area contributed by atoms with Gasteiger partial charge in [-0.15, -0.1) is 0 Å². The van der Waals surface area contributed by atoms with Crippen molar-refractivity contribution >= 4 is 23.5 Å². The maximum Gasteiger partial charge on any atom is 0.423 e. The van der Waals surface area contributed by atoms with Crippen LogP contribution in [0.25, 0.3) is 0 Å². The zero-order valence-corrected chi connectivity index (χ0v) is 25.8. The monoisotopic (exact) mass is 682 g/mol. The molecule has 1 aromatic carbocycles. The highest BCUT2D eigenvalue weighted by molar-refractivity contribution is 5.92. The van der Waals surface area contributed by atoms with Gasteiger partial charge in [-0.25, -0.2) is 14.6 Å². The Labute approximate surface area is 270 Å². The maximum absolute atomic E-state index is 14.1. The summed E-state index contributed by atoms with van der Waals surface area (Å²) in [5, 5.41) is 8.90. The van der Waals surface area contributed by atoms with E-state index in [1.54, 1.807) is 34.1 Å². The number of alkyl halides is 6. The van der Waals surface area contributed by atoms with Gasteiger partial charge in [-0.05, 0) is 43.9 Å². The lowest BCUT2D eigenvalue weighted by Crippen LogP contribution is -2.50. The second-order valence-electron chi connectivity index (χ2n) is 11.5. The van der Waals surface area contributed by atoms with Crippen molar-refractivity contribution in [1.82, 2.24) is 30.0 Å². The number of methoxy groups -OCH3 is 1. The van der Waals surface area contributed by atoms with Crippen molar-refractivity contribution in [3.63, 3.8) is 0 Å². The van der Waals surface area contributed by atoms with Gasteiger partial charge in [0, 0.05) is 38.1 Å². The fourth-order valence-electron chi connectivity index (χ4n) is 5.69. The van der Waals surface area contributed by atoms with Gasteiger partial charge in [0.2, 0.25) is 17.8 Å². The third-order valence-electron chi connectivity index (χ3n) is 8.29. The topological polar surface area (TPSA) is 135 Å². The van der Waals surface area contributed by atoms with Crippen LogP contribution in [-0.4, -0.2) is 81.3 Å². The average Bonchev–Trinajstić information content (AvgIpc) is 3.41. The van der Waals surface area contributed by atoms with Crippen molar-refractivity contribution in [2.45, 2.75) is 63.2 Å². The molecule has 0 saturated carbocycles. The minimum Gasteiger partial charge on any atom is -0.497 e. The summed E-state index contributed by atoms with van der Waals surface area (Å²) in [7, 11) is 1.46. The smallest absolute Gasteiger partial charge is 0.423 e. The zero-order chi connectivity index (χ0) is 34.8. The summed E-state index contributed by atoms with van der Waals surface area (Å²) in [5.41, 5.74) is -4.02. The Bertz CT molecular complexity index is 1670. The van der Waals surface area contributed by atoms with Gasteiger partial charge in [-0.2, -0.15) is 31.4 Å². The summed E-state index contributed by atoms with van der Waals surface area (Å²) >= 11 is 0. The molecule has 18 heteroatoms. The first kappa shape index (κ1) is 34.4. The van der Waals surface area contributed by atoms with Crippen LogP contribution < -0.4 is 25.8 Å². The molecule has 258 valence electrons. The molecule has 2 saturated heterocycles. The average molecular weight is 683 g/mol. The van der Waals surface area contributed by atoms with Crippen LogP contribution in [0.4, 0.5) is 38.0 Å². The number of carbonyl (C=O) groups is 2. The molecule has 5 rings (SSSR count). The highest BCUT2D eigenvalue weighted by Crippen LogP contribution is 2.32. The van der Waals surface area contributed by atoms with Crippen LogP contribution in [0.3, 0.4) is 0 Å². The molecule has 4 heterocycles. The summed E-state index contributed by atoms with van der Waals surface area (Å²) in [5.74, 6) is -0.414. The number of amides is 2. The van der Waals surface area contributed by atoms with Crippen molar-refractivity contribution in [2.24, 2.45) is 0 Å². The number of anilines is 2. The van der Waals surface area contributed by atoms with Gasteiger partial charge in [0.15, 0.2) is 0 Å². The Morgan fingerprint density at radius 2 is 1.60 bits per heavy atom. The third-order valence-corrected chi connectivity index (χ3v) is 8.29. The van der Waals surface area contributed by atoms with E-state index in [1.165, 1.54) is 14.0 Å². The standard InChI is InChI=1S/C30H32F6N8O4/c1-17(40-23-15-39-44(27(47)24(23)30(34,35)36)16-18-3-5-21(48-2)6-4-18)25(45)41-22-9-12-43(26(22)46)20-7-10-42(11-8-20)28-37-13-19(14-38-28)29(31,32)33/h3-6,13-15,17,20,22,40H,7-12,16H2,1-2H3,(H,41,45)/t17-,22+/m0/s1. The summed E-state index contributed by atoms with van der Waals surface area (Å²) in [4.78, 5) is 50.1. The highest BCUT2D eigenvalue weighted by atomic mass is 19.4. The number of hydrogen-bond donors (Lipinski definition) is 2. The molecule has 3 aromatic rings. The van der Waals surface area contributed by atoms with Gasteiger partial charge in [-0.1, -0.05) is 12.1 Å². The molecule has 0 bridgehead atoms. The molecule has 12 nitrogen and oxygen atoms in total. The molecule has 48 heavy (non-hydrogen) atoms. The van der Waals surface area contributed by atoms with Crippen LogP contribution in [0.1, 0.15) is 42.9 Å². The molecule has 0 unspecified atom stereocenters. The molecule has 2 aromatic heterocycles. The third kappa shape index (κ3) is 7.62. The predicted molar refractivity (Wildman–Crippen MR) is 159 cm³/mol. The number of ether oxygens (including phenoxy) is 1. The number of carbonyl (C=O) groups excluding carboxylic acids is 2. The van der Waals surface area contributed by atoms with Crippen molar-refractivity contribution in [3.05, 3.63) is 69.9 Å². The minimum absolute atomic E-state index is 0.152. The number of piperidine rings is 1. The van der Waals surface area contributed by atoms with Gasteiger partial charge in [-0.3, -0.25) is 14.4 Å². The first-order chi connectivity index (χ1) is 22.7. The van der Waals surface area contributed by atoms with E-state index in [1.807, 2.05) is 0 Å². The molecule has 2 aliphatic heterocycles. The number of benzene rings is 1. The van der Waals surface area contributed by atoms with Crippen molar-refractivity contribution in [1.29, 1.82) is 0 Å². The first-order valence-electron chi connectivity index (χ1n) is 15.0. The second kappa shape index (κ2) is 13.7. The lowest BCUT2D eigenvalue weighted by atomic mass is 10.0. The summed E-state index contributed by atoms with van der Waals surface area (Å²) < 4.78 is 86.4. The van der Waals surface area contributed by atoms with Gasteiger partial charge in [0.1, 0.15) is 23.4 Å². The van der Waals surface area contributed by atoms with E-state index >= 15 is 0 Å². The fourth-order valence-corrected chi connectivity index (χ4v) is 5.69. The Morgan fingerprint density at radius 3 is 2.19 bits per heavy atom. The van der Waals surface area contributed by atoms with Crippen LogP contribution in [0, 0.1) is 0 Å². The second-order valence-corrected chi connectivity index (χ2v) is 11.5. The lowest BCUT2D eigenvalue weighted by molar-refractivity contribution is -0.139. The molecule has 0 aliphatic carbocycles. The number of likely N-dealkylation sites (tertiary alicyclic amines) is 1. The van der Waals surface area contributed by atoms with Gasteiger partial charge in [0.25, 0.3) is 5.56 Å². The number of rotatable bonds is 9. The molecular weight excluding hydrogens is 650 g/mol. The van der Waals surface area contributed by atoms with Crippen LogP contribution in [0.2, 0.25) is 0 Å². The number of aromatic nitrogens is 4. The Morgan fingerprint density at radius 1 is 0.958 bits per heavy atom. The summed E-state index contributed by atoms with van der Waals surface area (Å²) in [6, 6.07) is 4.01.